The summed E-state index contributed by atoms with van der Waals surface area (Å²) in [6.45, 7) is 2.54. The van der Waals surface area contributed by atoms with Crippen LogP contribution in [0.2, 0.25) is 0 Å². The van der Waals surface area contributed by atoms with Crippen LogP contribution in [0.1, 0.15) is 13.8 Å². The van der Waals surface area contributed by atoms with E-state index >= 15 is 0 Å². The van der Waals surface area contributed by atoms with Crippen molar-refractivity contribution in [2.24, 2.45) is 0 Å². The van der Waals surface area contributed by atoms with Gasteiger partial charge in [-0.1, -0.05) is 0 Å². The number of rotatable bonds is 2. The van der Waals surface area contributed by atoms with Crippen LogP contribution in [-0.2, 0) is 42.3 Å². The SMILES string of the molecule is CC(=O)Oc1c[c-]ccc1OC(C)=O.[Y]. The van der Waals surface area contributed by atoms with Crippen LogP contribution in [0.15, 0.2) is 18.2 Å². The van der Waals surface area contributed by atoms with Gasteiger partial charge in [0.1, 0.15) is 0 Å². The molecule has 0 saturated carbocycles. The molecule has 0 amide bonds. The summed E-state index contributed by atoms with van der Waals surface area (Å²) in [5, 5.41) is 0. The van der Waals surface area contributed by atoms with Gasteiger partial charge in [-0.3, -0.25) is 9.59 Å². The molecule has 5 heteroatoms. The second-order valence-electron chi connectivity index (χ2n) is 2.56. The summed E-state index contributed by atoms with van der Waals surface area (Å²) < 4.78 is 9.61. The summed E-state index contributed by atoms with van der Waals surface area (Å²) in [6.07, 6.45) is 0. The van der Waals surface area contributed by atoms with E-state index in [0.29, 0.717) is 0 Å². The number of carbonyl (C=O) groups excluding carboxylic acids is 2. The molecule has 1 rings (SSSR count). The molecule has 77 valence electrons. The van der Waals surface area contributed by atoms with Crippen LogP contribution >= 0.6 is 0 Å². The van der Waals surface area contributed by atoms with Gasteiger partial charge in [0.25, 0.3) is 5.97 Å². The zero-order valence-electron chi connectivity index (χ0n) is 8.44. The Morgan fingerprint density at radius 2 is 1.67 bits per heavy atom. The zero-order chi connectivity index (χ0) is 10.6. The van der Waals surface area contributed by atoms with Crippen molar-refractivity contribution in [1.29, 1.82) is 0 Å². The number of benzene rings is 1. The Labute approximate surface area is 113 Å². The first-order valence-electron chi connectivity index (χ1n) is 3.96. The minimum absolute atomic E-state index is 0. The van der Waals surface area contributed by atoms with Gasteiger partial charge in [-0.05, 0) is 0 Å². The molecule has 1 radical (unpaired) electrons. The van der Waals surface area contributed by atoms with E-state index in [0.717, 1.165) is 0 Å². The topological polar surface area (TPSA) is 52.6 Å². The van der Waals surface area contributed by atoms with Gasteiger partial charge in [-0.2, -0.15) is 12.1 Å². The average molecular weight is 282 g/mol. The molecule has 4 nitrogen and oxygen atoms in total. The first-order valence-corrected chi connectivity index (χ1v) is 3.96. The normalized spacial score (nSPS) is 8.67. The number of ether oxygens (including phenoxy) is 2. The Kier molecular flexibility index (Phi) is 6.36. The maximum absolute atomic E-state index is 10.7. The van der Waals surface area contributed by atoms with Gasteiger partial charge in [0, 0.05) is 46.6 Å². The summed E-state index contributed by atoms with van der Waals surface area (Å²) in [5.41, 5.74) is 0. The van der Waals surface area contributed by atoms with E-state index in [1.54, 1.807) is 6.07 Å². The van der Waals surface area contributed by atoms with Gasteiger partial charge < -0.3 is 9.47 Å². The van der Waals surface area contributed by atoms with Gasteiger partial charge in [-0.15, -0.1) is 12.1 Å². The van der Waals surface area contributed by atoms with E-state index in [-0.39, 0.29) is 44.2 Å². The average Bonchev–Trinajstić information content (AvgIpc) is 2.06. The number of hydrogen-bond acceptors (Lipinski definition) is 4. The molecule has 0 spiro atoms. The van der Waals surface area contributed by atoms with Crippen LogP contribution in [0.5, 0.6) is 11.5 Å². The van der Waals surface area contributed by atoms with Crippen molar-refractivity contribution in [3.8, 4) is 11.5 Å². The molecule has 15 heavy (non-hydrogen) atoms. The van der Waals surface area contributed by atoms with Crippen molar-refractivity contribution in [3.05, 3.63) is 24.3 Å². The van der Waals surface area contributed by atoms with Crippen molar-refractivity contribution in [2.75, 3.05) is 0 Å². The second kappa shape index (κ2) is 6.69. The van der Waals surface area contributed by atoms with E-state index in [1.165, 1.54) is 26.0 Å². The minimum Gasteiger partial charge on any atom is -0.487 e. The van der Waals surface area contributed by atoms with Crippen LogP contribution in [0.3, 0.4) is 0 Å². The van der Waals surface area contributed by atoms with E-state index in [4.69, 9.17) is 9.47 Å². The predicted molar refractivity (Wildman–Crippen MR) is 47.9 cm³/mol. The Morgan fingerprint density at radius 1 is 1.13 bits per heavy atom. The fraction of sp³-hybridized carbons (Fsp3) is 0.200. The van der Waals surface area contributed by atoms with Crippen LogP contribution < -0.4 is 9.47 Å². The molecule has 0 aliphatic heterocycles. The summed E-state index contributed by atoms with van der Waals surface area (Å²) in [5.74, 6) is -0.538. The van der Waals surface area contributed by atoms with Crippen LogP contribution in [-0.4, -0.2) is 11.9 Å². The summed E-state index contributed by atoms with van der Waals surface area (Å²) in [6, 6.07) is 7.20. The van der Waals surface area contributed by atoms with Gasteiger partial charge in [0.05, 0.1) is 11.5 Å². The maximum atomic E-state index is 10.7. The molecule has 0 unspecified atom stereocenters. The van der Waals surface area contributed by atoms with E-state index in [1.807, 2.05) is 0 Å². The Morgan fingerprint density at radius 3 is 2.20 bits per heavy atom. The number of esters is 2. The first-order chi connectivity index (χ1) is 6.59. The molecular weight excluding hydrogens is 273 g/mol. The number of carbonyl (C=O) groups is 2. The molecule has 0 fully saturated rings. The van der Waals surface area contributed by atoms with Crippen molar-refractivity contribution in [2.45, 2.75) is 13.8 Å². The third kappa shape index (κ3) is 5.05. The molecule has 0 heterocycles. The third-order valence-electron chi connectivity index (χ3n) is 1.30. The maximum Gasteiger partial charge on any atom is 0.306 e. The molecule has 0 bridgehead atoms. The van der Waals surface area contributed by atoms with E-state index in [9.17, 15) is 9.59 Å². The smallest absolute Gasteiger partial charge is 0.306 e. The minimum atomic E-state index is -0.474. The molecule has 0 N–H and O–H groups in total. The quantitative estimate of drug-likeness (QED) is 0.466. The molecule has 1 aromatic rings. The Hall–Kier alpha value is -0.736. The van der Waals surface area contributed by atoms with Gasteiger partial charge >= 0.3 is 5.97 Å². The van der Waals surface area contributed by atoms with Crippen LogP contribution in [0, 0.1) is 6.07 Å². The molecule has 0 aliphatic carbocycles. The second-order valence-corrected chi connectivity index (χ2v) is 2.56. The predicted octanol–water partition coefficient (Wildman–Crippen LogP) is 1.33. The summed E-state index contributed by atoms with van der Waals surface area (Å²) in [4.78, 5) is 21.4. The van der Waals surface area contributed by atoms with Gasteiger partial charge in [0.2, 0.25) is 0 Å². The van der Waals surface area contributed by atoms with E-state index < -0.39 is 11.9 Å². The molecule has 0 saturated heterocycles. The van der Waals surface area contributed by atoms with Crippen LogP contribution in [0.4, 0.5) is 0 Å². The van der Waals surface area contributed by atoms with Crippen molar-refractivity contribution in [1.82, 2.24) is 0 Å². The largest absolute Gasteiger partial charge is 0.487 e. The fourth-order valence-corrected chi connectivity index (χ4v) is 0.875. The fourth-order valence-electron chi connectivity index (χ4n) is 0.875. The third-order valence-corrected chi connectivity index (χ3v) is 1.30. The Balaban J connectivity index is 0.00000196. The van der Waals surface area contributed by atoms with Gasteiger partial charge in [0.15, 0.2) is 0 Å². The molecule has 0 aliphatic rings. The van der Waals surface area contributed by atoms with Crippen LogP contribution in [0.25, 0.3) is 0 Å². The van der Waals surface area contributed by atoms with Gasteiger partial charge in [-0.25, -0.2) is 0 Å². The standard InChI is InChI=1S/C10H9O4.Y/c1-7(11)13-9-5-3-4-6-10(9)14-8(2)12;/h3,5-6H,1-2H3;/q-1;. The van der Waals surface area contributed by atoms with Crippen molar-refractivity contribution < 1.29 is 51.8 Å². The Bertz CT molecular complexity index is 327. The monoisotopic (exact) mass is 282 g/mol. The molecule has 0 aromatic heterocycles. The van der Waals surface area contributed by atoms with Crippen molar-refractivity contribution in [3.63, 3.8) is 0 Å². The first kappa shape index (κ1) is 14.3. The summed E-state index contributed by atoms with van der Waals surface area (Å²) >= 11 is 0. The van der Waals surface area contributed by atoms with Crippen molar-refractivity contribution >= 4 is 11.9 Å². The molecule has 1 aromatic carbocycles. The molecular formula is C10H9O4Y-. The molecule has 0 atom stereocenters. The zero-order valence-corrected chi connectivity index (χ0v) is 11.3. The summed E-state index contributed by atoms with van der Waals surface area (Å²) in [7, 11) is 0. The number of hydrogen-bond donors (Lipinski definition) is 0. The van der Waals surface area contributed by atoms with E-state index in [2.05, 4.69) is 6.07 Å².